The third-order valence-corrected chi connectivity index (χ3v) is 9.53. The van der Waals surface area contributed by atoms with Crippen LogP contribution in [0.5, 0.6) is 0 Å². The molecule has 2 aliphatic carbocycles. The van der Waals surface area contributed by atoms with Crippen molar-refractivity contribution in [2.24, 2.45) is 11.3 Å². The minimum Gasteiger partial charge on any atom is -0.447 e. The number of allylic oxidation sites excluding steroid dienone is 3. The summed E-state index contributed by atoms with van der Waals surface area (Å²) in [7, 11) is 0. The summed E-state index contributed by atoms with van der Waals surface area (Å²) < 4.78 is 48.8. The molecule has 1 aliphatic heterocycles. The fourth-order valence-corrected chi connectivity index (χ4v) is 7.01. The zero-order valence-corrected chi connectivity index (χ0v) is 29.0. The maximum absolute atomic E-state index is 16.3. The summed E-state index contributed by atoms with van der Waals surface area (Å²) >= 11 is 13.1. The predicted molar refractivity (Wildman–Crippen MR) is 183 cm³/mol. The molecule has 2 aromatic heterocycles. The van der Waals surface area contributed by atoms with E-state index in [-0.39, 0.29) is 31.4 Å². The molecule has 3 aromatic rings. The third-order valence-electron chi connectivity index (χ3n) is 8.89. The normalized spacial score (nSPS) is 21.5. The number of rotatable bonds is 10. The van der Waals surface area contributed by atoms with Gasteiger partial charge in [0, 0.05) is 35.5 Å². The second-order valence-corrected chi connectivity index (χ2v) is 14.7. The molecule has 3 aliphatic rings. The number of ether oxygens (including phenoxy) is 1. The molecule has 3 atom stereocenters. The number of nitrogens with zero attached hydrogens (tertiary/aromatic N) is 4. The van der Waals surface area contributed by atoms with Gasteiger partial charge in [-0.2, -0.15) is 13.9 Å². The second kappa shape index (κ2) is 13.7. The number of benzene rings is 1. The quantitative estimate of drug-likeness (QED) is 0.194. The van der Waals surface area contributed by atoms with Crippen molar-refractivity contribution in [3.63, 3.8) is 0 Å². The van der Waals surface area contributed by atoms with Gasteiger partial charge in [-0.3, -0.25) is 20.1 Å². The number of pyridine rings is 1. The molecule has 3 N–H and O–H groups in total. The van der Waals surface area contributed by atoms with Crippen molar-refractivity contribution in [1.29, 1.82) is 5.41 Å². The Hall–Kier alpha value is -4.36. The number of carbonyl (C=O) groups is 2. The molecular formula is C35H36Cl2F3N7O3. The molecule has 0 spiro atoms. The van der Waals surface area contributed by atoms with Gasteiger partial charge in [-0.15, -0.1) is 0 Å². The SMILES string of the molecule is CC(C)(C)C[C@]1(C2CC=C(c3cnn(C(F)F)c3)C=C2F)NC(=N)N([C@H](COC(=O)NC2CC2)c2ccc(Cl)c(-c3ncccc3Cl)c2)C1=O. The van der Waals surface area contributed by atoms with Crippen molar-refractivity contribution in [3.05, 3.63) is 88.1 Å². The monoisotopic (exact) mass is 729 g/mol. The third kappa shape index (κ3) is 7.25. The Balaban J connectivity index is 1.38. The Labute approximate surface area is 297 Å². The number of guanidine groups is 1. The van der Waals surface area contributed by atoms with Gasteiger partial charge in [-0.25, -0.2) is 13.9 Å². The maximum Gasteiger partial charge on any atom is 0.407 e. The van der Waals surface area contributed by atoms with E-state index in [9.17, 15) is 18.4 Å². The van der Waals surface area contributed by atoms with Crippen molar-refractivity contribution in [2.75, 3.05) is 6.61 Å². The lowest BCUT2D eigenvalue weighted by atomic mass is 9.69. The highest BCUT2D eigenvalue weighted by Gasteiger charge is 2.58. The first-order valence-electron chi connectivity index (χ1n) is 16.1. The van der Waals surface area contributed by atoms with E-state index >= 15 is 4.39 Å². The van der Waals surface area contributed by atoms with Crippen LogP contribution in [0.15, 0.2) is 66.9 Å². The number of hydrogen-bond donors (Lipinski definition) is 3. The molecule has 264 valence electrons. The van der Waals surface area contributed by atoms with Gasteiger partial charge in [0.05, 0.1) is 28.0 Å². The first-order valence-corrected chi connectivity index (χ1v) is 16.9. The summed E-state index contributed by atoms with van der Waals surface area (Å²) in [6, 6.07) is 7.29. The van der Waals surface area contributed by atoms with Gasteiger partial charge < -0.3 is 15.4 Å². The van der Waals surface area contributed by atoms with Crippen molar-refractivity contribution >= 4 is 46.7 Å². The maximum atomic E-state index is 16.3. The minimum atomic E-state index is -2.85. The molecule has 15 heteroatoms. The predicted octanol–water partition coefficient (Wildman–Crippen LogP) is 8.08. The van der Waals surface area contributed by atoms with E-state index in [4.69, 9.17) is 33.3 Å². The summed E-state index contributed by atoms with van der Waals surface area (Å²) in [6.45, 7) is 2.54. The Morgan fingerprint density at radius 1 is 1.22 bits per heavy atom. The van der Waals surface area contributed by atoms with Crippen LogP contribution in [0.4, 0.5) is 18.0 Å². The number of nitrogens with one attached hydrogen (secondary N) is 3. The Bertz CT molecular complexity index is 1890. The standard InChI is InChI=1S/C35H36Cl2F3N7O3/c1-34(2,3)18-35(24-10-6-19(14-27(24)38)21-15-43-46(16-21)31(39)40)30(48)47(32(41)45-35)28(17-50-33(49)44-22-8-9-22)20-7-11-25(36)23(13-20)29-26(37)5-4-12-42-29/h4-7,11-16,22,24,28,31H,8-10,17-18H2,1-3H3,(H2,41,45)(H,44,49)/t24?,28-,35-/m1/s1. The van der Waals surface area contributed by atoms with Crippen molar-refractivity contribution < 1.29 is 27.5 Å². The van der Waals surface area contributed by atoms with Gasteiger partial charge in [0.2, 0.25) is 0 Å². The summed E-state index contributed by atoms with van der Waals surface area (Å²) in [4.78, 5) is 33.2. The number of amides is 2. The second-order valence-electron chi connectivity index (χ2n) is 13.9. The van der Waals surface area contributed by atoms with Crippen molar-refractivity contribution in [1.82, 2.24) is 30.3 Å². The lowest BCUT2D eigenvalue weighted by molar-refractivity contribution is -0.136. The van der Waals surface area contributed by atoms with Crippen LogP contribution in [0.25, 0.3) is 16.8 Å². The average Bonchev–Trinajstić information content (AvgIpc) is 3.64. The minimum absolute atomic E-state index is 0.0194. The Kier molecular flexibility index (Phi) is 9.75. The molecule has 10 nitrogen and oxygen atoms in total. The first kappa shape index (κ1) is 35.5. The molecule has 0 bridgehead atoms. The van der Waals surface area contributed by atoms with Crippen LogP contribution >= 0.6 is 23.2 Å². The van der Waals surface area contributed by atoms with Gasteiger partial charge in [0.1, 0.15) is 18.0 Å². The van der Waals surface area contributed by atoms with Crippen LogP contribution in [0.1, 0.15) is 70.2 Å². The van der Waals surface area contributed by atoms with E-state index < -0.39 is 47.3 Å². The highest BCUT2D eigenvalue weighted by Crippen LogP contribution is 2.47. The van der Waals surface area contributed by atoms with Gasteiger partial charge in [-0.05, 0) is 72.6 Å². The van der Waals surface area contributed by atoms with Gasteiger partial charge in [-0.1, -0.05) is 56.1 Å². The van der Waals surface area contributed by atoms with Crippen LogP contribution in [0, 0.1) is 16.7 Å². The number of alkyl carbamates (subject to hydrolysis) is 1. The van der Waals surface area contributed by atoms with Crippen LogP contribution in [0.3, 0.4) is 0 Å². The first-order chi connectivity index (χ1) is 23.7. The lowest BCUT2D eigenvalue weighted by Crippen LogP contribution is -2.56. The molecule has 0 radical (unpaired) electrons. The number of hydrogen-bond acceptors (Lipinski definition) is 6. The fourth-order valence-electron chi connectivity index (χ4n) is 6.58. The molecule has 1 saturated carbocycles. The number of halogens is 5. The van der Waals surface area contributed by atoms with Crippen LogP contribution in [0.2, 0.25) is 10.0 Å². The number of alkyl halides is 2. The van der Waals surface area contributed by atoms with E-state index in [1.54, 1.807) is 42.6 Å². The number of carbonyl (C=O) groups excluding carboxylic acids is 2. The molecule has 2 fully saturated rings. The summed E-state index contributed by atoms with van der Waals surface area (Å²) in [5, 5.41) is 19.3. The lowest BCUT2D eigenvalue weighted by Gasteiger charge is -2.40. The Morgan fingerprint density at radius 2 is 1.98 bits per heavy atom. The van der Waals surface area contributed by atoms with Gasteiger partial charge in [0.15, 0.2) is 5.96 Å². The van der Waals surface area contributed by atoms with E-state index in [2.05, 4.69) is 20.7 Å². The summed E-state index contributed by atoms with van der Waals surface area (Å²) in [6.07, 6.45) is 7.98. The highest BCUT2D eigenvalue weighted by atomic mass is 35.5. The van der Waals surface area contributed by atoms with Crippen LogP contribution < -0.4 is 10.6 Å². The van der Waals surface area contributed by atoms with Gasteiger partial charge in [0.25, 0.3) is 5.91 Å². The zero-order chi connectivity index (χ0) is 36.0. The molecule has 6 rings (SSSR count). The molecular weight excluding hydrogens is 694 g/mol. The van der Waals surface area contributed by atoms with E-state index in [1.807, 2.05) is 20.8 Å². The van der Waals surface area contributed by atoms with Crippen molar-refractivity contribution in [2.45, 2.75) is 70.6 Å². The van der Waals surface area contributed by atoms with Gasteiger partial charge >= 0.3 is 12.6 Å². The molecule has 50 heavy (non-hydrogen) atoms. The smallest absolute Gasteiger partial charge is 0.407 e. The molecule has 1 aromatic carbocycles. The summed E-state index contributed by atoms with van der Waals surface area (Å²) in [5.74, 6) is -2.59. The highest BCUT2D eigenvalue weighted by molar-refractivity contribution is 6.36. The molecule has 3 heterocycles. The fraction of sp³-hybridized carbons (Fsp3) is 0.400. The molecule has 1 saturated heterocycles. The van der Waals surface area contributed by atoms with E-state index in [1.165, 1.54) is 17.2 Å². The summed E-state index contributed by atoms with van der Waals surface area (Å²) in [5.41, 5.74) is -0.176. The number of aromatic nitrogens is 3. The van der Waals surface area contributed by atoms with Crippen LogP contribution in [-0.2, 0) is 9.53 Å². The zero-order valence-electron chi connectivity index (χ0n) is 27.5. The van der Waals surface area contributed by atoms with E-state index in [0.717, 1.165) is 19.0 Å². The Morgan fingerprint density at radius 3 is 2.62 bits per heavy atom. The van der Waals surface area contributed by atoms with Crippen molar-refractivity contribution in [3.8, 4) is 11.3 Å². The molecule has 1 unspecified atom stereocenters. The van der Waals surface area contributed by atoms with E-state index in [0.29, 0.717) is 42.7 Å². The average molecular weight is 731 g/mol. The largest absolute Gasteiger partial charge is 0.447 e. The topological polar surface area (TPSA) is 125 Å². The molecule has 2 amide bonds. The van der Waals surface area contributed by atoms with Crippen LogP contribution in [-0.4, -0.2) is 55.8 Å².